The molecule has 1 aliphatic carbocycles. The van der Waals surface area contributed by atoms with Gasteiger partial charge in [0.25, 0.3) is 10.1 Å². The van der Waals surface area contributed by atoms with E-state index in [4.69, 9.17) is 21.3 Å². The molecule has 2 unspecified atom stereocenters. The molecule has 168 valence electrons. The Morgan fingerprint density at radius 2 is 2.07 bits per heavy atom. The van der Waals surface area contributed by atoms with Crippen LogP contribution in [0.3, 0.4) is 0 Å². The molecule has 1 aromatic carbocycles. The highest BCUT2D eigenvalue weighted by molar-refractivity contribution is 7.99. The minimum Gasteiger partial charge on any atom is -0.369 e. The minimum atomic E-state index is -3.67. The molecule has 5 N–H and O–H groups in total. The lowest BCUT2D eigenvalue weighted by molar-refractivity contribution is -0.132. The van der Waals surface area contributed by atoms with Gasteiger partial charge in [-0.3, -0.25) is 9.35 Å². The van der Waals surface area contributed by atoms with Gasteiger partial charge in [-0.15, -0.1) is 23.5 Å². The molecule has 7 nitrogen and oxygen atoms in total. The lowest BCUT2D eigenvalue weighted by Crippen LogP contribution is -2.46. The van der Waals surface area contributed by atoms with E-state index >= 15 is 0 Å². The quantitative estimate of drug-likeness (QED) is 0.382. The van der Waals surface area contributed by atoms with Gasteiger partial charge in [0.1, 0.15) is 5.82 Å². The van der Waals surface area contributed by atoms with E-state index < -0.39 is 15.5 Å². The van der Waals surface area contributed by atoms with Crippen molar-refractivity contribution in [2.24, 2.45) is 22.8 Å². The average molecular weight is 478 g/mol. The SMILES string of the molecule is CS(=O)(=O)O.N#CCC1(C(N)=O)CCCCC1CSc1ccc(SCCN)c(F)c1. The number of primary amides is 1. The summed E-state index contributed by atoms with van der Waals surface area (Å²) in [7, 11) is -3.67. The standard InChI is InChI=1S/C18H24FN3OS2.CH4O3S/c19-15-11-14(4-5-16(15)24-10-9-21)25-12-13-3-1-2-6-18(13,7-8-20)17(22)23;1-5(2,3)4/h4-5,11,13H,1-3,6-7,9-10,12,21H2,(H2,22,23);1H3,(H,2,3,4). The van der Waals surface area contributed by atoms with E-state index in [-0.39, 0.29) is 24.1 Å². The molecule has 1 aromatic rings. The Kier molecular flexibility index (Phi) is 11.1. The fourth-order valence-electron chi connectivity index (χ4n) is 3.39. The molecule has 0 heterocycles. The number of thioether (sulfide) groups is 2. The summed E-state index contributed by atoms with van der Waals surface area (Å²) < 4.78 is 40.0. The van der Waals surface area contributed by atoms with Crippen LogP contribution in [0.2, 0.25) is 0 Å². The van der Waals surface area contributed by atoms with E-state index in [0.717, 1.165) is 24.2 Å². The molecule has 1 saturated carbocycles. The van der Waals surface area contributed by atoms with E-state index in [9.17, 15) is 17.6 Å². The Morgan fingerprint density at radius 1 is 1.40 bits per heavy atom. The van der Waals surface area contributed by atoms with Crippen molar-refractivity contribution in [3.63, 3.8) is 0 Å². The highest BCUT2D eigenvalue weighted by atomic mass is 32.2. The van der Waals surface area contributed by atoms with Gasteiger partial charge < -0.3 is 11.5 Å². The van der Waals surface area contributed by atoms with Gasteiger partial charge in [0.05, 0.1) is 17.7 Å². The summed E-state index contributed by atoms with van der Waals surface area (Å²) in [6.45, 7) is 0.510. The van der Waals surface area contributed by atoms with Crippen molar-refractivity contribution in [1.29, 1.82) is 5.26 Å². The van der Waals surface area contributed by atoms with Gasteiger partial charge in [-0.25, -0.2) is 4.39 Å². The third-order valence-corrected chi connectivity index (χ3v) is 7.06. The summed E-state index contributed by atoms with van der Waals surface area (Å²) in [6.07, 6.45) is 4.39. The first-order valence-corrected chi connectivity index (χ1v) is 13.2. The molecule has 0 aromatic heterocycles. The van der Waals surface area contributed by atoms with Crippen LogP contribution in [0, 0.1) is 28.5 Å². The zero-order valence-corrected chi connectivity index (χ0v) is 19.3. The van der Waals surface area contributed by atoms with Crippen molar-refractivity contribution in [2.75, 3.05) is 24.3 Å². The van der Waals surface area contributed by atoms with Gasteiger partial charge >= 0.3 is 0 Å². The molecule has 2 rings (SSSR count). The molecule has 0 spiro atoms. The maximum Gasteiger partial charge on any atom is 0.261 e. The van der Waals surface area contributed by atoms with Crippen LogP contribution in [0.15, 0.2) is 28.0 Å². The molecule has 1 fully saturated rings. The van der Waals surface area contributed by atoms with Crippen molar-refractivity contribution in [3.8, 4) is 6.07 Å². The number of hydrogen-bond donors (Lipinski definition) is 3. The van der Waals surface area contributed by atoms with Gasteiger partial charge in [-0.1, -0.05) is 12.8 Å². The van der Waals surface area contributed by atoms with E-state index in [0.29, 0.717) is 35.6 Å². The third-order valence-electron chi connectivity index (χ3n) is 4.82. The molecule has 0 bridgehead atoms. The maximum atomic E-state index is 14.1. The molecule has 0 aliphatic heterocycles. The van der Waals surface area contributed by atoms with E-state index in [1.165, 1.54) is 29.6 Å². The van der Waals surface area contributed by atoms with Crippen LogP contribution in [-0.2, 0) is 14.9 Å². The fourth-order valence-corrected chi connectivity index (χ4v) is 5.32. The third kappa shape index (κ3) is 8.81. The Balaban J connectivity index is 0.000000804. The number of benzene rings is 1. The first kappa shape index (κ1) is 26.7. The molecular weight excluding hydrogens is 449 g/mol. The fraction of sp³-hybridized carbons (Fsp3) is 0.579. The number of rotatable bonds is 8. The van der Waals surface area contributed by atoms with Crippen LogP contribution < -0.4 is 11.5 Å². The molecule has 1 aliphatic rings. The van der Waals surface area contributed by atoms with Crippen LogP contribution in [0.25, 0.3) is 0 Å². The van der Waals surface area contributed by atoms with Crippen molar-refractivity contribution in [2.45, 2.75) is 41.9 Å². The number of halogens is 1. The van der Waals surface area contributed by atoms with Gasteiger partial charge in [0.15, 0.2) is 0 Å². The maximum absolute atomic E-state index is 14.1. The molecule has 2 atom stereocenters. The zero-order valence-electron chi connectivity index (χ0n) is 16.8. The van der Waals surface area contributed by atoms with Crippen LogP contribution in [0.1, 0.15) is 32.1 Å². The van der Waals surface area contributed by atoms with Crippen molar-refractivity contribution >= 4 is 39.5 Å². The second kappa shape index (κ2) is 12.5. The molecular formula is C19H28FN3O4S3. The lowest BCUT2D eigenvalue weighted by atomic mass is 9.65. The monoisotopic (exact) mass is 477 g/mol. The number of hydrogen-bond acceptors (Lipinski definition) is 7. The highest BCUT2D eigenvalue weighted by Crippen LogP contribution is 2.46. The van der Waals surface area contributed by atoms with Crippen molar-refractivity contribution in [3.05, 3.63) is 24.0 Å². The average Bonchev–Trinajstić information content (AvgIpc) is 2.65. The predicted molar refractivity (Wildman–Crippen MR) is 118 cm³/mol. The van der Waals surface area contributed by atoms with Gasteiger partial charge in [0.2, 0.25) is 5.91 Å². The second-order valence-electron chi connectivity index (χ2n) is 7.07. The summed E-state index contributed by atoms with van der Waals surface area (Å²) in [4.78, 5) is 13.5. The molecule has 0 saturated heterocycles. The zero-order chi connectivity index (χ0) is 22.8. The molecule has 11 heteroatoms. The Bertz CT molecular complexity index is 853. The molecule has 0 radical (unpaired) electrons. The van der Waals surface area contributed by atoms with E-state index in [1.807, 2.05) is 6.07 Å². The number of carbonyl (C=O) groups is 1. The van der Waals surface area contributed by atoms with Crippen LogP contribution in [-0.4, -0.2) is 43.2 Å². The van der Waals surface area contributed by atoms with Gasteiger partial charge in [0, 0.05) is 34.3 Å². The lowest BCUT2D eigenvalue weighted by Gasteiger charge is -2.40. The Labute approximate surface area is 185 Å². The van der Waals surface area contributed by atoms with Crippen molar-refractivity contribution < 1.29 is 22.2 Å². The van der Waals surface area contributed by atoms with E-state index in [1.54, 1.807) is 6.07 Å². The topological polar surface area (TPSA) is 147 Å². The summed E-state index contributed by atoms with van der Waals surface area (Å²) in [5.74, 6) is 0.780. The summed E-state index contributed by atoms with van der Waals surface area (Å²) >= 11 is 2.93. The van der Waals surface area contributed by atoms with Crippen LogP contribution in [0.5, 0.6) is 0 Å². The molecule has 30 heavy (non-hydrogen) atoms. The number of amides is 1. The van der Waals surface area contributed by atoms with Crippen LogP contribution >= 0.6 is 23.5 Å². The summed E-state index contributed by atoms with van der Waals surface area (Å²) in [5, 5.41) is 9.15. The number of nitriles is 1. The Hall–Kier alpha value is -1.32. The number of carbonyl (C=O) groups excluding carboxylic acids is 1. The smallest absolute Gasteiger partial charge is 0.261 e. The van der Waals surface area contributed by atoms with Crippen molar-refractivity contribution in [1.82, 2.24) is 0 Å². The van der Waals surface area contributed by atoms with Gasteiger partial charge in [-0.2, -0.15) is 13.7 Å². The summed E-state index contributed by atoms with van der Waals surface area (Å²) in [5.41, 5.74) is 10.4. The summed E-state index contributed by atoms with van der Waals surface area (Å²) in [6, 6.07) is 7.34. The van der Waals surface area contributed by atoms with E-state index in [2.05, 4.69) is 6.07 Å². The first-order valence-electron chi connectivity index (χ1n) is 9.38. The number of nitrogens with two attached hydrogens (primary N) is 2. The Morgan fingerprint density at radius 3 is 2.60 bits per heavy atom. The largest absolute Gasteiger partial charge is 0.369 e. The highest BCUT2D eigenvalue weighted by Gasteiger charge is 2.45. The number of nitrogens with zero attached hydrogens (tertiary/aromatic N) is 1. The van der Waals surface area contributed by atoms with Crippen LogP contribution in [0.4, 0.5) is 4.39 Å². The first-order chi connectivity index (χ1) is 14.0. The normalized spacial score (nSPS) is 21.2. The minimum absolute atomic E-state index is 0.0535. The second-order valence-corrected chi connectivity index (χ2v) is 10.8. The molecule has 1 amide bonds. The van der Waals surface area contributed by atoms with Gasteiger partial charge in [-0.05, 0) is 37.0 Å². The predicted octanol–water partition coefficient (Wildman–Crippen LogP) is 3.05.